The van der Waals surface area contributed by atoms with Gasteiger partial charge in [-0.3, -0.25) is 9.59 Å². The number of hydrogen-bond acceptors (Lipinski definition) is 4. The lowest BCUT2D eigenvalue weighted by Crippen LogP contribution is -2.29. The lowest BCUT2D eigenvalue weighted by molar-refractivity contribution is 0.566. The second-order valence-electron chi connectivity index (χ2n) is 7.19. The summed E-state index contributed by atoms with van der Waals surface area (Å²) in [7, 11) is -3.81. The first kappa shape index (κ1) is 18.6. The quantitative estimate of drug-likeness (QED) is 0.584. The molecule has 0 radical (unpaired) electrons. The molecule has 0 amide bonds. The molecule has 4 rings (SSSR count). The number of hydrogen-bond donors (Lipinski definition) is 3. The number of rotatable bonds is 4. The Balaban J connectivity index is 1.63. The molecule has 28 heavy (non-hydrogen) atoms. The highest BCUT2D eigenvalue weighted by molar-refractivity contribution is 7.89. The first-order valence-electron chi connectivity index (χ1n) is 9.24. The summed E-state index contributed by atoms with van der Waals surface area (Å²) >= 11 is 0. The molecular formula is C20H21N3O4S. The van der Waals surface area contributed by atoms with E-state index >= 15 is 0 Å². The Hall–Kier alpha value is -2.71. The van der Waals surface area contributed by atoms with Crippen LogP contribution in [-0.4, -0.2) is 18.4 Å². The molecule has 0 saturated carbocycles. The van der Waals surface area contributed by atoms with Crippen LogP contribution in [0, 0.1) is 0 Å². The van der Waals surface area contributed by atoms with Gasteiger partial charge in [-0.25, -0.2) is 13.1 Å². The van der Waals surface area contributed by atoms with Gasteiger partial charge in [-0.2, -0.15) is 0 Å². The van der Waals surface area contributed by atoms with Crippen LogP contribution in [0.5, 0.6) is 0 Å². The van der Waals surface area contributed by atoms with Gasteiger partial charge in [0, 0.05) is 6.04 Å². The molecule has 1 aromatic heterocycles. The molecule has 0 aliphatic heterocycles. The third kappa shape index (κ3) is 3.53. The molecule has 0 spiro atoms. The van der Waals surface area contributed by atoms with Crippen LogP contribution in [-0.2, 0) is 22.9 Å². The minimum Gasteiger partial charge on any atom is -0.316 e. The fourth-order valence-electron chi connectivity index (χ4n) is 3.65. The second kappa shape index (κ2) is 7.03. The van der Waals surface area contributed by atoms with Crippen molar-refractivity contribution in [2.24, 2.45) is 0 Å². The van der Waals surface area contributed by atoms with E-state index in [1.54, 1.807) is 0 Å². The normalized spacial score (nSPS) is 15.3. The second-order valence-corrected chi connectivity index (χ2v) is 8.91. The van der Waals surface area contributed by atoms with Crippen molar-refractivity contribution in [3.05, 3.63) is 73.8 Å². The maximum Gasteiger partial charge on any atom is 0.314 e. The molecular weight excluding hydrogens is 378 g/mol. The number of nitrogens with one attached hydrogen (secondary N) is 3. The monoisotopic (exact) mass is 399 g/mol. The topological polar surface area (TPSA) is 112 Å². The van der Waals surface area contributed by atoms with Gasteiger partial charge in [0.15, 0.2) is 0 Å². The number of H-pyrrole nitrogens is 2. The van der Waals surface area contributed by atoms with Crippen LogP contribution in [0.3, 0.4) is 0 Å². The molecule has 1 unspecified atom stereocenters. The van der Waals surface area contributed by atoms with Gasteiger partial charge in [0.2, 0.25) is 10.0 Å². The van der Waals surface area contributed by atoms with Crippen molar-refractivity contribution in [2.75, 3.05) is 0 Å². The van der Waals surface area contributed by atoms with Gasteiger partial charge in [0.25, 0.3) is 0 Å². The summed E-state index contributed by atoms with van der Waals surface area (Å²) < 4.78 is 28.3. The Labute approximate surface area is 161 Å². The van der Waals surface area contributed by atoms with E-state index in [-0.39, 0.29) is 10.4 Å². The first-order valence-corrected chi connectivity index (χ1v) is 10.7. The number of aryl methyl sites for hydroxylation is 2. The Morgan fingerprint density at radius 1 is 0.893 bits per heavy atom. The lowest BCUT2D eigenvalue weighted by atomic mass is 9.89. The van der Waals surface area contributed by atoms with Crippen LogP contribution in [0.15, 0.2) is 50.9 Å². The maximum absolute atomic E-state index is 12.8. The van der Waals surface area contributed by atoms with E-state index in [1.165, 1.54) is 35.7 Å². The molecule has 3 N–H and O–H groups in total. The van der Waals surface area contributed by atoms with Gasteiger partial charge in [-0.05, 0) is 67.5 Å². The fourth-order valence-corrected chi connectivity index (χ4v) is 4.91. The lowest BCUT2D eigenvalue weighted by Gasteiger charge is -2.20. The standard InChI is InChI=1S/C20H21N3O4S/c1-12(14-7-6-13-4-2-3-5-15(13)10-14)23-28(26,27)16-8-9-17-18(11-16)22-20(25)19(24)21-17/h6-12,23H,2-5H2,1H3,(H,21,24)(H,22,25). The summed E-state index contributed by atoms with van der Waals surface area (Å²) in [6, 6.07) is 9.95. The highest BCUT2D eigenvalue weighted by Crippen LogP contribution is 2.26. The Kier molecular flexibility index (Phi) is 4.68. The molecule has 2 aromatic carbocycles. The highest BCUT2D eigenvalue weighted by atomic mass is 32.2. The summed E-state index contributed by atoms with van der Waals surface area (Å²) in [5.41, 5.74) is 2.59. The summed E-state index contributed by atoms with van der Waals surface area (Å²) in [5, 5.41) is 0. The van der Waals surface area contributed by atoms with Crippen LogP contribution in [0.1, 0.15) is 42.5 Å². The van der Waals surface area contributed by atoms with Gasteiger partial charge in [0.1, 0.15) is 0 Å². The van der Waals surface area contributed by atoms with Crippen LogP contribution in [0.4, 0.5) is 0 Å². The van der Waals surface area contributed by atoms with Crippen molar-refractivity contribution in [1.29, 1.82) is 0 Å². The minimum atomic E-state index is -3.81. The molecule has 146 valence electrons. The third-order valence-corrected chi connectivity index (χ3v) is 6.75. The van der Waals surface area contributed by atoms with Crippen LogP contribution in [0.25, 0.3) is 11.0 Å². The van der Waals surface area contributed by atoms with Gasteiger partial charge in [0.05, 0.1) is 15.9 Å². The Morgan fingerprint density at radius 2 is 1.57 bits per heavy atom. The van der Waals surface area contributed by atoms with Gasteiger partial charge < -0.3 is 9.97 Å². The van der Waals surface area contributed by atoms with E-state index in [9.17, 15) is 18.0 Å². The van der Waals surface area contributed by atoms with E-state index in [0.29, 0.717) is 5.52 Å². The number of aromatic nitrogens is 2. The van der Waals surface area contributed by atoms with Crippen molar-refractivity contribution in [3.8, 4) is 0 Å². The third-order valence-electron chi connectivity index (χ3n) is 5.21. The van der Waals surface area contributed by atoms with Crippen molar-refractivity contribution in [1.82, 2.24) is 14.7 Å². The average molecular weight is 399 g/mol. The average Bonchev–Trinajstić information content (AvgIpc) is 2.67. The molecule has 7 nitrogen and oxygen atoms in total. The molecule has 1 aliphatic carbocycles. The first-order chi connectivity index (χ1) is 13.3. The van der Waals surface area contributed by atoms with E-state index in [0.717, 1.165) is 24.8 Å². The largest absolute Gasteiger partial charge is 0.316 e. The highest BCUT2D eigenvalue weighted by Gasteiger charge is 2.20. The molecule has 0 bridgehead atoms. The van der Waals surface area contributed by atoms with Gasteiger partial charge in [-0.1, -0.05) is 18.2 Å². The molecule has 8 heteroatoms. The van der Waals surface area contributed by atoms with Gasteiger partial charge >= 0.3 is 11.1 Å². The summed E-state index contributed by atoms with van der Waals surface area (Å²) in [6.45, 7) is 1.81. The number of aromatic amines is 2. The summed E-state index contributed by atoms with van der Waals surface area (Å²) in [6.07, 6.45) is 4.46. The molecule has 1 atom stereocenters. The Bertz CT molecular complexity index is 1270. The summed E-state index contributed by atoms with van der Waals surface area (Å²) in [5.74, 6) is 0. The molecule has 1 heterocycles. The van der Waals surface area contributed by atoms with E-state index in [1.807, 2.05) is 13.0 Å². The Morgan fingerprint density at radius 3 is 2.32 bits per heavy atom. The van der Waals surface area contributed by atoms with Crippen LogP contribution in [0.2, 0.25) is 0 Å². The van der Waals surface area contributed by atoms with Gasteiger partial charge in [-0.15, -0.1) is 0 Å². The predicted molar refractivity (Wildman–Crippen MR) is 107 cm³/mol. The zero-order chi connectivity index (χ0) is 19.9. The molecule has 0 saturated heterocycles. The van der Waals surface area contributed by atoms with Crippen LogP contribution >= 0.6 is 0 Å². The molecule has 1 aliphatic rings. The molecule has 0 fully saturated rings. The van der Waals surface area contributed by atoms with E-state index in [4.69, 9.17) is 0 Å². The summed E-state index contributed by atoms with van der Waals surface area (Å²) in [4.78, 5) is 27.7. The van der Waals surface area contributed by atoms with Crippen molar-refractivity contribution >= 4 is 21.1 Å². The predicted octanol–water partition coefficient (Wildman–Crippen LogP) is 2.13. The zero-order valence-corrected chi connectivity index (χ0v) is 16.2. The minimum absolute atomic E-state index is 0.0208. The maximum atomic E-state index is 12.8. The number of fused-ring (bicyclic) bond motifs is 2. The van der Waals surface area contributed by atoms with Crippen LogP contribution < -0.4 is 15.8 Å². The molecule has 3 aromatic rings. The SMILES string of the molecule is CC(NS(=O)(=O)c1ccc2[nH]c(=O)c(=O)[nH]c2c1)c1ccc2c(c1)CCCC2. The number of benzene rings is 2. The van der Waals surface area contributed by atoms with E-state index < -0.39 is 27.2 Å². The smallest absolute Gasteiger partial charge is 0.314 e. The van der Waals surface area contributed by atoms with Crippen molar-refractivity contribution in [3.63, 3.8) is 0 Å². The number of sulfonamides is 1. The fraction of sp³-hybridized carbons (Fsp3) is 0.300. The van der Waals surface area contributed by atoms with E-state index in [2.05, 4.69) is 26.8 Å². The van der Waals surface area contributed by atoms with Crippen molar-refractivity contribution < 1.29 is 8.42 Å². The van der Waals surface area contributed by atoms with Crippen molar-refractivity contribution in [2.45, 2.75) is 43.5 Å². The zero-order valence-electron chi connectivity index (χ0n) is 15.4.